The molecule has 0 saturated heterocycles. The highest BCUT2D eigenvalue weighted by atomic mass is 19.1. The van der Waals surface area contributed by atoms with E-state index in [1.165, 1.54) is 13.2 Å². The summed E-state index contributed by atoms with van der Waals surface area (Å²) in [5.74, 6) is -0.687. The first-order valence-corrected chi connectivity index (χ1v) is 6.32. The van der Waals surface area contributed by atoms with Gasteiger partial charge in [-0.15, -0.1) is 0 Å². The molecular formula is C13H17FN2O4. The number of nitro benzene ring substituents is 1. The van der Waals surface area contributed by atoms with Crippen molar-refractivity contribution in [2.75, 3.05) is 26.1 Å². The Morgan fingerprint density at radius 2 is 2.15 bits per heavy atom. The van der Waals surface area contributed by atoms with Crippen molar-refractivity contribution < 1.29 is 18.8 Å². The summed E-state index contributed by atoms with van der Waals surface area (Å²) in [6.45, 7) is 0.400. The third-order valence-electron chi connectivity index (χ3n) is 3.75. The first-order chi connectivity index (χ1) is 9.51. The number of hydrogen-bond acceptors (Lipinski definition) is 5. The van der Waals surface area contributed by atoms with E-state index in [0.29, 0.717) is 6.54 Å². The first kappa shape index (κ1) is 14.5. The van der Waals surface area contributed by atoms with Crippen LogP contribution in [0.2, 0.25) is 0 Å². The Balaban J connectivity index is 2.24. The maximum Gasteiger partial charge on any atom is 0.327 e. The average molecular weight is 284 g/mol. The minimum Gasteiger partial charge on any atom is -0.497 e. The summed E-state index contributed by atoms with van der Waals surface area (Å²) in [6.07, 6.45) is 2.83. The molecule has 6 nitrogen and oxygen atoms in total. The molecule has 0 heterocycles. The topological polar surface area (TPSA) is 73.6 Å². The fourth-order valence-corrected chi connectivity index (χ4v) is 2.29. The van der Waals surface area contributed by atoms with Crippen molar-refractivity contribution in [2.45, 2.75) is 24.9 Å². The molecule has 0 spiro atoms. The van der Waals surface area contributed by atoms with E-state index < -0.39 is 16.4 Å². The van der Waals surface area contributed by atoms with E-state index in [4.69, 9.17) is 9.47 Å². The van der Waals surface area contributed by atoms with Gasteiger partial charge in [-0.3, -0.25) is 10.1 Å². The number of nitrogens with one attached hydrogen (secondary N) is 1. The number of nitro groups is 1. The summed E-state index contributed by atoms with van der Waals surface area (Å²) in [4.78, 5) is 10.2. The monoisotopic (exact) mass is 284 g/mol. The number of rotatable bonds is 6. The number of anilines is 1. The van der Waals surface area contributed by atoms with Crippen LogP contribution in [0.3, 0.4) is 0 Å². The second kappa shape index (κ2) is 5.62. The van der Waals surface area contributed by atoms with Gasteiger partial charge in [0, 0.05) is 25.8 Å². The minimum atomic E-state index is -0.920. The second-order valence-corrected chi connectivity index (χ2v) is 4.86. The van der Waals surface area contributed by atoms with Crippen LogP contribution in [-0.4, -0.2) is 31.3 Å². The summed E-state index contributed by atoms with van der Waals surface area (Å²) in [5.41, 5.74) is -0.778. The zero-order valence-electron chi connectivity index (χ0n) is 11.4. The van der Waals surface area contributed by atoms with Crippen LogP contribution in [0.5, 0.6) is 5.75 Å². The number of halogens is 1. The highest BCUT2D eigenvalue weighted by Gasteiger charge is 2.37. The van der Waals surface area contributed by atoms with Gasteiger partial charge in [0.2, 0.25) is 5.82 Å². The number of nitrogens with zero attached hydrogens (tertiary/aromatic N) is 1. The Hall–Kier alpha value is -1.89. The van der Waals surface area contributed by atoms with Crippen molar-refractivity contribution in [1.82, 2.24) is 0 Å². The molecule has 2 rings (SSSR count). The van der Waals surface area contributed by atoms with Crippen LogP contribution in [0, 0.1) is 15.9 Å². The Bertz CT molecular complexity index is 512. The Morgan fingerprint density at radius 3 is 2.60 bits per heavy atom. The second-order valence-electron chi connectivity index (χ2n) is 4.86. The molecule has 1 N–H and O–H groups in total. The Morgan fingerprint density at radius 1 is 1.45 bits per heavy atom. The zero-order chi connectivity index (χ0) is 14.8. The molecule has 1 saturated carbocycles. The van der Waals surface area contributed by atoms with Gasteiger partial charge in [-0.2, -0.15) is 4.39 Å². The van der Waals surface area contributed by atoms with Gasteiger partial charge in [0.1, 0.15) is 11.4 Å². The average Bonchev–Trinajstić information content (AvgIpc) is 2.36. The van der Waals surface area contributed by atoms with Crippen molar-refractivity contribution in [1.29, 1.82) is 0 Å². The van der Waals surface area contributed by atoms with Gasteiger partial charge in [0.05, 0.1) is 17.6 Å². The summed E-state index contributed by atoms with van der Waals surface area (Å²) < 4.78 is 24.1. The minimum absolute atomic E-state index is 0.107. The third-order valence-corrected chi connectivity index (χ3v) is 3.75. The molecule has 20 heavy (non-hydrogen) atoms. The van der Waals surface area contributed by atoms with Crippen LogP contribution in [0.15, 0.2) is 12.1 Å². The maximum atomic E-state index is 13.8. The van der Waals surface area contributed by atoms with Gasteiger partial charge in [-0.25, -0.2) is 0 Å². The SMILES string of the molecule is COc1cc(F)c([N+](=O)[O-])c(NCC2(OC)CCC2)c1. The third kappa shape index (κ3) is 2.67. The van der Waals surface area contributed by atoms with Crippen LogP contribution in [0.25, 0.3) is 0 Å². The molecule has 0 amide bonds. The van der Waals surface area contributed by atoms with Gasteiger partial charge in [-0.1, -0.05) is 0 Å². The van der Waals surface area contributed by atoms with Crippen molar-refractivity contribution >= 4 is 11.4 Å². The lowest BCUT2D eigenvalue weighted by atomic mass is 9.80. The highest BCUT2D eigenvalue weighted by molar-refractivity contribution is 5.65. The Labute approximate surface area is 116 Å². The normalized spacial score (nSPS) is 16.4. The molecular weight excluding hydrogens is 267 g/mol. The van der Waals surface area contributed by atoms with E-state index in [0.717, 1.165) is 25.3 Å². The molecule has 1 aromatic carbocycles. The quantitative estimate of drug-likeness (QED) is 0.642. The molecule has 1 aromatic rings. The van der Waals surface area contributed by atoms with Gasteiger partial charge in [0.15, 0.2) is 0 Å². The van der Waals surface area contributed by atoms with Crippen LogP contribution in [0.4, 0.5) is 15.8 Å². The molecule has 1 aliphatic rings. The van der Waals surface area contributed by atoms with Crippen molar-refractivity contribution in [3.8, 4) is 5.75 Å². The lowest BCUT2D eigenvalue weighted by Crippen LogP contribution is -2.45. The van der Waals surface area contributed by atoms with Crippen molar-refractivity contribution in [2.24, 2.45) is 0 Å². The fraction of sp³-hybridized carbons (Fsp3) is 0.538. The van der Waals surface area contributed by atoms with E-state index in [1.54, 1.807) is 7.11 Å². The number of methoxy groups -OCH3 is 2. The van der Waals surface area contributed by atoms with Gasteiger partial charge in [0.25, 0.3) is 0 Å². The Kier molecular flexibility index (Phi) is 4.08. The summed E-state index contributed by atoms with van der Waals surface area (Å²) >= 11 is 0. The standard InChI is InChI=1S/C13H17FN2O4/c1-19-9-6-10(14)12(16(17)18)11(7-9)15-8-13(20-2)4-3-5-13/h6-7,15H,3-5,8H2,1-2H3. The predicted molar refractivity (Wildman–Crippen MR) is 71.7 cm³/mol. The van der Waals surface area contributed by atoms with Gasteiger partial charge in [-0.05, 0) is 19.3 Å². The molecule has 0 unspecified atom stereocenters. The summed E-state index contributed by atoms with van der Waals surface area (Å²) in [6, 6.07) is 2.42. The molecule has 7 heteroatoms. The van der Waals surface area contributed by atoms with E-state index in [9.17, 15) is 14.5 Å². The van der Waals surface area contributed by atoms with Crippen LogP contribution < -0.4 is 10.1 Å². The summed E-state index contributed by atoms with van der Waals surface area (Å²) in [7, 11) is 2.99. The smallest absolute Gasteiger partial charge is 0.327 e. The largest absolute Gasteiger partial charge is 0.497 e. The molecule has 1 aliphatic carbocycles. The maximum absolute atomic E-state index is 13.8. The molecule has 0 atom stereocenters. The van der Waals surface area contributed by atoms with E-state index in [1.807, 2.05) is 0 Å². The molecule has 0 radical (unpaired) electrons. The number of ether oxygens (including phenoxy) is 2. The lowest BCUT2D eigenvalue weighted by Gasteiger charge is -2.40. The van der Waals surface area contributed by atoms with E-state index >= 15 is 0 Å². The highest BCUT2D eigenvalue weighted by Crippen LogP contribution is 2.37. The molecule has 1 fully saturated rings. The predicted octanol–water partition coefficient (Wildman–Crippen LogP) is 2.72. The number of hydrogen-bond donors (Lipinski definition) is 1. The van der Waals surface area contributed by atoms with Crippen LogP contribution in [0.1, 0.15) is 19.3 Å². The fourth-order valence-electron chi connectivity index (χ4n) is 2.29. The lowest BCUT2D eigenvalue weighted by molar-refractivity contribution is -0.386. The van der Waals surface area contributed by atoms with Gasteiger partial charge < -0.3 is 14.8 Å². The van der Waals surface area contributed by atoms with E-state index in [-0.39, 0.29) is 17.0 Å². The van der Waals surface area contributed by atoms with E-state index in [2.05, 4.69) is 5.32 Å². The van der Waals surface area contributed by atoms with Crippen molar-refractivity contribution in [3.05, 3.63) is 28.1 Å². The van der Waals surface area contributed by atoms with Crippen LogP contribution >= 0.6 is 0 Å². The van der Waals surface area contributed by atoms with Crippen molar-refractivity contribution in [3.63, 3.8) is 0 Å². The summed E-state index contributed by atoms with van der Waals surface area (Å²) in [5, 5.41) is 13.9. The number of benzene rings is 1. The first-order valence-electron chi connectivity index (χ1n) is 6.32. The molecule has 0 aromatic heterocycles. The van der Waals surface area contributed by atoms with Gasteiger partial charge >= 0.3 is 5.69 Å². The molecule has 0 aliphatic heterocycles. The molecule has 0 bridgehead atoms. The molecule has 110 valence electrons. The zero-order valence-corrected chi connectivity index (χ0v) is 11.4. The van der Waals surface area contributed by atoms with Crippen LogP contribution in [-0.2, 0) is 4.74 Å².